The number of anilines is 3. The number of hydrogen-bond acceptors (Lipinski definition) is 8. The van der Waals surface area contributed by atoms with Crippen molar-refractivity contribution in [3.8, 4) is 11.3 Å². The van der Waals surface area contributed by atoms with Crippen molar-refractivity contribution in [3.05, 3.63) is 76.3 Å². The largest absolute Gasteiger partial charge is 0.444 e. The molecule has 210 valence electrons. The Morgan fingerprint density at radius 3 is 2.42 bits per heavy atom. The second kappa shape index (κ2) is 11.1. The lowest BCUT2D eigenvalue weighted by atomic mass is 9.72. The minimum absolute atomic E-state index is 0.112. The van der Waals surface area contributed by atoms with E-state index in [4.69, 9.17) is 9.47 Å². The predicted molar refractivity (Wildman–Crippen MR) is 154 cm³/mol. The molecule has 0 spiro atoms. The Hall–Kier alpha value is -4.18. The fourth-order valence-electron chi connectivity index (χ4n) is 5.06. The third-order valence-corrected chi connectivity index (χ3v) is 7.24. The van der Waals surface area contributed by atoms with Crippen molar-refractivity contribution in [1.82, 2.24) is 10.3 Å². The summed E-state index contributed by atoms with van der Waals surface area (Å²) in [6, 6.07) is 18.7. The van der Waals surface area contributed by atoms with E-state index in [1.54, 1.807) is 6.07 Å². The van der Waals surface area contributed by atoms with E-state index in [1.165, 1.54) is 6.07 Å². The second-order valence-electron chi connectivity index (χ2n) is 11.2. The molecule has 3 aromatic rings. The zero-order valence-corrected chi connectivity index (χ0v) is 23.1. The summed E-state index contributed by atoms with van der Waals surface area (Å²) in [7, 11) is 0. The van der Waals surface area contributed by atoms with Gasteiger partial charge in [-0.15, -0.1) is 0 Å². The molecule has 2 aliphatic rings. The van der Waals surface area contributed by atoms with Crippen LogP contribution in [0.15, 0.2) is 60.7 Å². The number of nitro groups is 1. The third kappa shape index (κ3) is 6.17. The zero-order valence-electron chi connectivity index (χ0n) is 23.1. The first-order valence-corrected chi connectivity index (χ1v) is 13.6. The molecular formula is C30H35N5O5. The van der Waals surface area contributed by atoms with E-state index in [9.17, 15) is 14.9 Å². The number of rotatable bonds is 7. The maximum atomic E-state index is 12.5. The lowest BCUT2D eigenvalue weighted by molar-refractivity contribution is -0.384. The zero-order chi connectivity index (χ0) is 28.3. The normalized spacial score (nSPS) is 16.5. The summed E-state index contributed by atoms with van der Waals surface area (Å²) >= 11 is 0. The lowest BCUT2D eigenvalue weighted by Crippen LogP contribution is -2.52. The van der Waals surface area contributed by atoms with E-state index < -0.39 is 22.2 Å². The van der Waals surface area contributed by atoms with Gasteiger partial charge in [-0.05, 0) is 75.9 Å². The molecule has 2 heterocycles. The number of ether oxygens (including phenoxy) is 2. The number of aromatic nitrogens is 1. The highest BCUT2D eigenvalue weighted by molar-refractivity contribution is 5.73. The van der Waals surface area contributed by atoms with Crippen LogP contribution in [0.25, 0.3) is 11.3 Å². The highest BCUT2D eigenvalue weighted by atomic mass is 16.6. The molecule has 1 aromatic heterocycles. The van der Waals surface area contributed by atoms with Gasteiger partial charge in [-0.2, -0.15) is 0 Å². The molecule has 1 saturated heterocycles. The number of carbonyl (C=O) groups excluding carboxylic acids is 1. The molecule has 5 rings (SSSR count). The average Bonchev–Trinajstić information content (AvgIpc) is 2.91. The first-order chi connectivity index (χ1) is 19.1. The summed E-state index contributed by atoms with van der Waals surface area (Å²) in [5, 5.41) is 18.0. The quantitative estimate of drug-likeness (QED) is 0.268. The van der Waals surface area contributed by atoms with Crippen molar-refractivity contribution >= 4 is 29.0 Å². The predicted octanol–water partition coefficient (Wildman–Crippen LogP) is 6.14. The first kappa shape index (κ1) is 27.4. The topological polar surface area (TPSA) is 119 Å². The van der Waals surface area contributed by atoms with Crippen LogP contribution in [0.3, 0.4) is 0 Å². The molecule has 2 aromatic carbocycles. The van der Waals surface area contributed by atoms with E-state index >= 15 is 0 Å². The van der Waals surface area contributed by atoms with Gasteiger partial charge >= 0.3 is 11.8 Å². The highest BCUT2D eigenvalue weighted by Gasteiger charge is 2.41. The van der Waals surface area contributed by atoms with Gasteiger partial charge in [0.15, 0.2) is 0 Å². The highest BCUT2D eigenvalue weighted by Crippen LogP contribution is 2.42. The van der Waals surface area contributed by atoms with Crippen molar-refractivity contribution in [2.45, 2.75) is 51.2 Å². The molecule has 0 atom stereocenters. The molecular weight excluding hydrogens is 510 g/mol. The van der Waals surface area contributed by atoms with Crippen molar-refractivity contribution in [3.63, 3.8) is 0 Å². The Balaban J connectivity index is 1.36. The van der Waals surface area contributed by atoms with Gasteiger partial charge < -0.3 is 25.0 Å². The SMILES string of the molecule is CC(C)(C)OC(=O)NC1(c2ccc(Nc3nc(-c4cccc(N5CCOCC5)c4)ccc3[N+](=O)[O-])cc2)CCC1. The van der Waals surface area contributed by atoms with Crippen LogP contribution in [0.2, 0.25) is 0 Å². The monoisotopic (exact) mass is 545 g/mol. The molecule has 10 nitrogen and oxygen atoms in total. The van der Waals surface area contributed by atoms with Crippen LogP contribution in [0, 0.1) is 10.1 Å². The Morgan fingerprint density at radius 1 is 1.07 bits per heavy atom. The molecule has 1 saturated carbocycles. The van der Waals surface area contributed by atoms with Gasteiger partial charge in [-0.25, -0.2) is 9.78 Å². The number of pyridine rings is 1. The van der Waals surface area contributed by atoms with Crippen LogP contribution in [0.1, 0.15) is 45.6 Å². The van der Waals surface area contributed by atoms with Gasteiger partial charge in [-0.3, -0.25) is 10.1 Å². The summed E-state index contributed by atoms with van der Waals surface area (Å²) in [5.74, 6) is 0.164. The van der Waals surface area contributed by atoms with Crippen LogP contribution < -0.4 is 15.5 Å². The minimum atomic E-state index is -0.580. The van der Waals surface area contributed by atoms with Crippen LogP contribution in [-0.4, -0.2) is 47.9 Å². The Kier molecular flexibility index (Phi) is 7.62. The lowest BCUT2D eigenvalue weighted by Gasteiger charge is -2.43. The van der Waals surface area contributed by atoms with Gasteiger partial charge in [-0.1, -0.05) is 24.3 Å². The van der Waals surface area contributed by atoms with Crippen molar-refractivity contribution in [1.29, 1.82) is 0 Å². The fraction of sp³-hybridized carbons (Fsp3) is 0.400. The number of alkyl carbamates (subject to hydrolysis) is 1. The molecule has 2 fully saturated rings. The standard InChI is InChI=1S/C30H35N5O5/c1-29(2,3)40-28(36)33-30(14-5-15-30)22-8-10-23(11-9-22)31-27-26(35(37)38)13-12-25(32-27)21-6-4-7-24(20-21)34-16-18-39-19-17-34/h4,6-13,20H,5,14-19H2,1-3H3,(H,31,32)(H,33,36). The van der Waals surface area contributed by atoms with Gasteiger partial charge in [0, 0.05) is 36.1 Å². The number of morpholine rings is 1. The molecule has 40 heavy (non-hydrogen) atoms. The Labute approximate surface area is 233 Å². The van der Waals surface area contributed by atoms with E-state index in [0.29, 0.717) is 24.6 Å². The molecule has 1 aliphatic heterocycles. The minimum Gasteiger partial charge on any atom is -0.444 e. The van der Waals surface area contributed by atoms with Gasteiger partial charge in [0.2, 0.25) is 5.82 Å². The molecule has 1 amide bonds. The van der Waals surface area contributed by atoms with Crippen molar-refractivity contribution in [2.75, 3.05) is 36.5 Å². The maximum Gasteiger partial charge on any atom is 0.408 e. The number of amides is 1. The number of hydrogen-bond donors (Lipinski definition) is 2. The molecule has 0 radical (unpaired) electrons. The van der Waals surface area contributed by atoms with Gasteiger partial charge in [0.1, 0.15) is 5.60 Å². The molecule has 10 heteroatoms. The molecule has 0 bridgehead atoms. The Bertz CT molecular complexity index is 1380. The summed E-state index contributed by atoms with van der Waals surface area (Å²) in [5.41, 5.74) is 3.03. The van der Waals surface area contributed by atoms with E-state index in [0.717, 1.165) is 49.2 Å². The van der Waals surface area contributed by atoms with E-state index in [2.05, 4.69) is 20.5 Å². The van der Waals surface area contributed by atoms with Crippen LogP contribution >= 0.6 is 0 Å². The molecule has 2 N–H and O–H groups in total. The molecule has 1 aliphatic carbocycles. The maximum absolute atomic E-state index is 12.5. The summed E-state index contributed by atoms with van der Waals surface area (Å²) in [6.45, 7) is 8.51. The summed E-state index contributed by atoms with van der Waals surface area (Å²) in [4.78, 5) is 30.8. The first-order valence-electron chi connectivity index (χ1n) is 13.6. The van der Waals surface area contributed by atoms with Crippen LogP contribution in [0.4, 0.5) is 27.7 Å². The van der Waals surface area contributed by atoms with Crippen LogP contribution in [0.5, 0.6) is 0 Å². The van der Waals surface area contributed by atoms with Gasteiger partial charge in [0.05, 0.1) is 29.4 Å². The number of nitrogens with zero attached hydrogens (tertiary/aromatic N) is 3. The summed E-state index contributed by atoms with van der Waals surface area (Å²) in [6.07, 6.45) is 2.20. The van der Waals surface area contributed by atoms with Gasteiger partial charge in [0.25, 0.3) is 0 Å². The second-order valence-corrected chi connectivity index (χ2v) is 11.2. The third-order valence-electron chi connectivity index (χ3n) is 7.24. The number of nitrogens with one attached hydrogen (secondary N) is 2. The smallest absolute Gasteiger partial charge is 0.408 e. The average molecular weight is 546 g/mol. The van der Waals surface area contributed by atoms with Crippen molar-refractivity contribution < 1.29 is 19.2 Å². The Morgan fingerprint density at radius 2 is 1.80 bits per heavy atom. The van der Waals surface area contributed by atoms with Crippen LogP contribution in [-0.2, 0) is 15.0 Å². The number of benzene rings is 2. The van der Waals surface area contributed by atoms with E-state index in [1.807, 2.05) is 69.3 Å². The van der Waals surface area contributed by atoms with Crippen molar-refractivity contribution in [2.24, 2.45) is 0 Å². The summed E-state index contributed by atoms with van der Waals surface area (Å²) < 4.78 is 10.9. The number of carbonyl (C=O) groups is 1. The fourth-order valence-corrected chi connectivity index (χ4v) is 5.06. The van der Waals surface area contributed by atoms with E-state index in [-0.39, 0.29) is 11.5 Å². The molecule has 0 unspecified atom stereocenters.